The number of primary sulfonamides is 1. The predicted octanol–water partition coefficient (Wildman–Crippen LogP) is 2.05. The van der Waals surface area contributed by atoms with Crippen LogP contribution in [-0.2, 0) is 26.0 Å². The Morgan fingerprint density at radius 2 is 2.11 bits per heavy atom. The number of nitrogens with two attached hydrogens (primary N) is 1. The minimum absolute atomic E-state index is 0.0525. The van der Waals surface area contributed by atoms with E-state index in [1.807, 2.05) is 6.07 Å². The number of carboxylic acid groups (broad SMARTS) is 1. The Labute approximate surface area is 161 Å². The number of hydrogen-bond acceptors (Lipinski definition) is 4. The molecule has 8 nitrogen and oxygen atoms in total. The summed E-state index contributed by atoms with van der Waals surface area (Å²) < 4.78 is 23.3. The highest BCUT2D eigenvalue weighted by molar-refractivity contribution is 7.89. The van der Waals surface area contributed by atoms with Gasteiger partial charge in [-0.15, -0.1) is 0 Å². The highest BCUT2D eigenvalue weighted by atomic mass is 32.2. The van der Waals surface area contributed by atoms with Crippen LogP contribution in [0.25, 0.3) is 11.6 Å². The minimum atomic E-state index is -3.89. The SMILES string of the molecule is NS(=O)(=O)c1ccc2c(c1)C(=Cc1cc3c([nH]1)CCCC3CC(=O)O)C(=O)N2. The van der Waals surface area contributed by atoms with Gasteiger partial charge in [-0.05, 0) is 61.1 Å². The second-order valence-electron chi connectivity index (χ2n) is 7.11. The highest BCUT2D eigenvalue weighted by Gasteiger charge is 2.28. The molecule has 1 atom stereocenters. The summed E-state index contributed by atoms with van der Waals surface area (Å²) in [5, 5.41) is 17.0. The lowest BCUT2D eigenvalue weighted by molar-refractivity contribution is -0.137. The summed E-state index contributed by atoms with van der Waals surface area (Å²) in [6.45, 7) is 0. The molecule has 0 spiro atoms. The van der Waals surface area contributed by atoms with Crippen LogP contribution in [0, 0.1) is 0 Å². The quantitative estimate of drug-likeness (QED) is 0.580. The Morgan fingerprint density at radius 3 is 2.82 bits per heavy atom. The van der Waals surface area contributed by atoms with E-state index in [-0.39, 0.29) is 23.1 Å². The van der Waals surface area contributed by atoms with Gasteiger partial charge < -0.3 is 15.4 Å². The summed E-state index contributed by atoms with van der Waals surface area (Å²) in [4.78, 5) is 26.7. The van der Waals surface area contributed by atoms with E-state index in [0.29, 0.717) is 22.5 Å². The predicted molar refractivity (Wildman–Crippen MR) is 103 cm³/mol. The minimum Gasteiger partial charge on any atom is -0.481 e. The second kappa shape index (κ2) is 6.61. The maximum absolute atomic E-state index is 12.4. The van der Waals surface area contributed by atoms with Gasteiger partial charge in [0.2, 0.25) is 10.0 Å². The molecule has 2 heterocycles. The average molecular weight is 401 g/mol. The third-order valence-electron chi connectivity index (χ3n) is 5.20. The fourth-order valence-electron chi connectivity index (χ4n) is 3.93. The lowest BCUT2D eigenvalue weighted by atomic mass is 9.85. The molecule has 1 aromatic heterocycles. The van der Waals surface area contributed by atoms with Gasteiger partial charge in [0.1, 0.15) is 0 Å². The smallest absolute Gasteiger partial charge is 0.303 e. The summed E-state index contributed by atoms with van der Waals surface area (Å²) in [5.74, 6) is -1.22. The molecule has 1 unspecified atom stereocenters. The average Bonchev–Trinajstić information content (AvgIpc) is 3.15. The first-order valence-corrected chi connectivity index (χ1v) is 10.4. The number of carbonyl (C=O) groups excluding carboxylic acids is 1. The van der Waals surface area contributed by atoms with Crippen LogP contribution in [0.15, 0.2) is 29.2 Å². The monoisotopic (exact) mass is 401 g/mol. The number of amides is 1. The van der Waals surface area contributed by atoms with Gasteiger partial charge in [0.15, 0.2) is 0 Å². The van der Waals surface area contributed by atoms with E-state index in [9.17, 15) is 18.0 Å². The lowest BCUT2D eigenvalue weighted by Gasteiger charge is -2.20. The normalized spacial score (nSPS) is 20.0. The second-order valence-corrected chi connectivity index (χ2v) is 8.67. The first-order chi connectivity index (χ1) is 13.2. The van der Waals surface area contributed by atoms with Gasteiger partial charge in [-0.2, -0.15) is 0 Å². The van der Waals surface area contributed by atoms with Crippen molar-refractivity contribution in [1.82, 2.24) is 4.98 Å². The molecule has 1 aliphatic carbocycles. The highest BCUT2D eigenvalue weighted by Crippen LogP contribution is 2.37. The number of anilines is 1. The number of aryl methyl sites for hydroxylation is 1. The number of benzene rings is 1. The number of aromatic nitrogens is 1. The van der Waals surface area contributed by atoms with Crippen LogP contribution in [0.2, 0.25) is 0 Å². The van der Waals surface area contributed by atoms with Crippen LogP contribution in [0.5, 0.6) is 0 Å². The van der Waals surface area contributed by atoms with E-state index in [2.05, 4.69) is 10.3 Å². The number of fused-ring (bicyclic) bond motifs is 2. The third-order valence-corrected chi connectivity index (χ3v) is 6.11. The van der Waals surface area contributed by atoms with Crippen molar-refractivity contribution in [3.05, 3.63) is 46.8 Å². The van der Waals surface area contributed by atoms with Crippen molar-refractivity contribution in [2.45, 2.75) is 36.5 Å². The largest absolute Gasteiger partial charge is 0.481 e. The van der Waals surface area contributed by atoms with Gasteiger partial charge in [0, 0.05) is 22.6 Å². The Bertz CT molecular complexity index is 1130. The van der Waals surface area contributed by atoms with Gasteiger partial charge in [0.25, 0.3) is 5.91 Å². The Balaban J connectivity index is 1.74. The molecule has 9 heteroatoms. The molecule has 2 aromatic rings. The van der Waals surface area contributed by atoms with Crippen molar-refractivity contribution in [3.63, 3.8) is 0 Å². The van der Waals surface area contributed by atoms with Crippen LogP contribution in [0.1, 0.15) is 47.7 Å². The Kier molecular flexibility index (Phi) is 4.35. The summed E-state index contributed by atoms with van der Waals surface area (Å²) >= 11 is 0. The first kappa shape index (κ1) is 18.5. The standard InChI is InChI=1S/C19H19N3O5S/c20-28(26,27)12-4-5-17-14(9-12)15(19(25)22-17)8-11-7-13-10(6-18(23)24)2-1-3-16(13)21-11/h4-5,7-10,21H,1-3,6H2,(H,22,25)(H,23,24)(H2,20,26,27). The summed E-state index contributed by atoms with van der Waals surface area (Å²) in [5.41, 5.74) is 3.95. The molecular weight excluding hydrogens is 382 g/mol. The van der Waals surface area contributed by atoms with E-state index >= 15 is 0 Å². The van der Waals surface area contributed by atoms with Crippen molar-refractivity contribution in [2.24, 2.45) is 5.14 Å². The molecule has 1 aromatic carbocycles. The van der Waals surface area contributed by atoms with E-state index in [1.54, 1.807) is 6.08 Å². The number of carbonyl (C=O) groups is 2. The molecule has 0 fully saturated rings. The summed E-state index contributed by atoms with van der Waals surface area (Å²) in [6.07, 6.45) is 4.27. The molecule has 1 amide bonds. The number of aromatic amines is 1. The topological polar surface area (TPSA) is 142 Å². The van der Waals surface area contributed by atoms with Crippen molar-refractivity contribution in [3.8, 4) is 0 Å². The first-order valence-electron chi connectivity index (χ1n) is 8.86. The molecule has 4 rings (SSSR count). The van der Waals surface area contributed by atoms with Gasteiger partial charge in [0.05, 0.1) is 16.9 Å². The zero-order valence-electron chi connectivity index (χ0n) is 14.9. The number of carboxylic acids is 1. The fourth-order valence-corrected chi connectivity index (χ4v) is 4.47. The number of hydrogen-bond donors (Lipinski definition) is 4. The molecule has 5 N–H and O–H groups in total. The molecule has 0 saturated heterocycles. The molecule has 146 valence electrons. The number of nitrogens with one attached hydrogen (secondary N) is 2. The van der Waals surface area contributed by atoms with E-state index in [1.165, 1.54) is 18.2 Å². The summed E-state index contributed by atoms with van der Waals surface area (Å²) in [6, 6.07) is 6.12. The maximum atomic E-state index is 12.4. The molecule has 0 radical (unpaired) electrons. The number of H-pyrrole nitrogens is 1. The molecular formula is C19H19N3O5S. The van der Waals surface area contributed by atoms with Gasteiger partial charge >= 0.3 is 5.97 Å². The zero-order valence-corrected chi connectivity index (χ0v) is 15.7. The van der Waals surface area contributed by atoms with Crippen LogP contribution in [0.3, 0.4) is 0 Å². The van der Waals surface area contributed by atoms with Gasteiger partial charge in [-0.3, -0.25) is 9.59 Å². The Hall–Kier alpha value is -2.91. The number of aliphatic carboxylic acids is 1. The molecule has 1 aliphatic heterocycles. The van der Waals surface area contributed by atoms with Crippen molar-refractivity contribution < 1.29 is 23.1 Å². The van der Waals surface area contributed by atoms with Crippen LogP contribution < -0.4 is 10.5 Å². The van der Waals surface area contributed by atoms with Crippen LogP contribution in [-0.4, -0.2) is 30.4 Å². The summed E-state index contributed by atoms with van der Waals surface area (Å²) in [7, 11) is -3.89. The lowest BCUT2D eigenvalue weighted by Crippen LogP contribution is -2.12. The van der Waals surface area contributed by atoms with Gasteiger partial charge in [-0.25, -0.2) is 13.6 Å². The van der Waals surface area contributed by atoms with Crippen molar-refractivity contribution in [1.29, 1.82) is 0 Å². The molecule has 28 heavy (non-hydrogen) atoms. The number of rotatable bonds is 4. The Morgan fingerprint density at radius 1 is 1.32 bits per heavy atom. The van der Waals surface area contributed by atoms with Crippen LogP contribution in [0.4, 0.5) is 5.69 Å². The molecule has 2 aliphatic rings. The van der Waals surface area contributed by atoms with Crippen molar-refractivity contribution >= 4 is 39.2 Å². The molecule has 0 saturated carbocycles. The van der Waals surface area contributed by atoms with Crippen LogP contribution >= 0.6 is 0 Å². The van der Waals surface area contributed by atoms with E-state index in [4.69, 9.17) is 10.2 Å². The number of sulfonamides is 1. The van der Waals surface area contributed by atoms with E-state index < -0.39 is 16.0 Å². The maximum Gasteiger partial charge on any atom is 0.303 e. The zero-order chi connectivity index (χ0) is 20.1. The molecule has 0 bridgehead atoms. The fraction of sp³-hybridized carbons (Fsp3) is 0.263. The van der Waals surface area contributed by atoms with Crippen molar-refractivity contribution in [2.75, 3.05) is 5.32 Å². The third kappa shape index (κ3) is 3.34. The van der Waals surface area contributed by atoms with E-state index in [0.717, 1.165) is 30.5 Å². The van der Waals surface area contributed by atoms with Gasteiger partial charge in [-0.1, -0.05) is 0 Å².